The molecule has 0 aliphatic rings. The average Bonchev–Trinajstić information content (AvgIpc) is 2.74. The molecule has 7 heteroatoms. The molecule has 0 spiro atoms. The topological polar surface area (TPSA) is 66.9 Å². The maximum Gasteiger partial charge on any atom is 0.325 e. The highest BCUT2D eigenvalue weighted by molar-refractivity contribution is 7.14. The first-order chi connectivity index (χ1) is 7.74. The van der Waals surface area contributed by atoms with Gasteiger partial charge in [-0.3, -0.25) is 10.6 Å². The molecule has 0 aliphatic heterocycles. The second-order valence-corrected chi connectivity index (χ2v) is 4.13. The number of hydrogen-bond acceptors (Lipinski definition) is 4. The van der Waals surface area contributed by atoms with E-state index in [9.17, 15) is 4.79 Å². The highest BCUT2D eigenvalue weighted by Gasteiger charge is 2.04. The summed E-state index contributed by atoms with van der Waals surface area (Å²) in [6, 6.07) is 6.41. The van der Waals surface area contributed by atoms with E-state index in [1.54, 1.807) is 18.2 Å². The van der Waals surface area contributed by atoms with Crippen molar-refractivity contribution in [1.82, 2.24) is 10.2 Å². The maximum absolute atomic E-state index is 11.4. The van der Waals surface area contributed by atoms with Crippen LogP contribution in [-0.2, 0) is 0 Å². The zero-order valence-corrected chi connectivity index (χ0v) is 9.55. The van der Waals surface area contributed by atoms with Crippen LogP contribution in [0.4, 0.5) is 15.6 Å². The second kappa shape index (κ2) is 4.91. The number of carbonyl (C=O) groups is 1. The summed E-state index contributed by atoms with van der Waals surface area (Å²) < 4.78 is 0. The summed E-state index contributed by atoms with van der Waals surface area (Å²) in [6.07, 6.45) is 0. The van der Waals surface area contributed by atoms with Gasteiger partial charge in [-0.25, -0.2) is 4.79 Å². The predicted octanol–water partition coefficient (Wildman–Crippen LogP) is 2.84. The quantitative estimate of drug-likeness (QED) is 0.866. The molecular formula is C9H7ClN4OS. The molecule has 2 heterocycles. The molecule has 82 valence electrons. The fourth-order valence-electron chi connectivity index (χ4n) is 0.992. The molecule has 16 heavy (non-hydrogen) atoms. The van der Waals surface area contributed by atoms with Gasteiger partial charge in [-0.05, 0) is 29.6 Å². The van der Waals surface area contributed by atoms with Crippen molar-refractivity contribution >= 4 is 39.8 Å². The second-order valence-electron chi connectivity index (χ2n) is 2.80. The summed E-state index contributed by atoms with van der Waals surface area (Å²) in [5.74, 6) is 0.346. The number of anilines is 2. The van der Waals surface area contributed by atoms with E-state index < -0.39 is 0 Å². The lowest BCUT2D eigenvalue weighted by molar-refractivity contribution is 0.262. The number of aromatic nitrogens is 2. The summed E-state index contributed by atoms with van der Waals surface area (Å²) in [7, 11) is 0. The number of thiophene rings is 1. The van der Waals surface area contributed by atoms with Gasteiger partial charge in [0.05, 0.1) is 5.00 Å². The minimum Gasteiger partial charge on any atom is -0.299 e. The van der Waals surface area contributed by atoms with Crippen LogP contribution in [0.2, 0.25) is 5.15 Å². The highest BCUT2D eigenvalue weighted by atomic mass is 35.5. The van der Waals surface area contributed by atoms with Gasteiger partial charge in [0.1, 0.15) is 0 Å². The van der Waals surface area contributed by atoms with E-state index in [-0.39, 0.29) is 11.2 Å². The van der Waals surface area contributed by atoms with Gasteiger partial charge in [-0.2, -0.15) is 0 Å². The lowest BCUT2D eigenvalue weighted by Gasteiger charge is -2.03. The summed E-state index contributed by atoms with van der Waals surface area (Å²) in [6.45, 7) is 0. The fraction of sp³-hybridized carbons (Fsp3) is 0. The Morgan fingerprint density at radius 1 is 1.25 bits per heavy atom. The Morgan fingerprint density at radius 2 is 2.12 bits per heavy atom. The molecule has 0 aliphatic carbocycles. The number of carbonyl (C=O) groups excluding carboxylic acids is 1. The summed E-state index contributed by atoms with van der Waals surface area (Å²) in [5.41, 5.74) is 0. The van der Waals surface area contributed by atoms with Crippen molar-refractivity contribution in [2.75, 3.05) is 10.6 Å². The SMILES string of the molecule is O=C(Nc1ccc(Cl)nn1)Nc1cccs1. The first kappa shape index (κ1) is 10.8. The van der Waals surface area contributed by atoms with Crippen molar-refractivity contribution in [3.05, 3.63) is 34.8 Å². The van der Waals surface area contributed by atoms with Crippen LogP contribution in [0.15, 0.2) is 29.6 Å². The number of nitrogens with zero attached hydrogens (tertiary/aromatic N) is 2. The van der Waals surface area contributed by atoms with Crippen molar-refractivity contribution in [2.24, 2.45) is 0 Å². The molecule has 0 atom stereocenters. The zero-order valence-electron chi connectivity index (χ0n) is 7.98. The maximum atomic E-state index is 11.4. The molecular weight excluding hydrogens is 248 g/mol. The van der Waals surface area contributed by atoms with Crippen molar-refractivity contribution in [3.8, 4) is 0 Å². The smallest absolute Gasteiger partial charge is 0.299 e. The first-order valence-electron chi connectivity index (χ1n) is 4.35. The van der Waals surface area contributed by atoms with Crippen LogP contribution in [-0.4, -0.2) is 16.2 Å². The van der Waals surface area contributed by atoms with Crippen LogP contribution in [0, 0.1) is 0 Å². The minimum atomic E-state index is -0.362. The summed E-state index contributed by atoms with van der Waals surface area (Å²) in [5, 5.41) is 15.4. The van der Waals surface area contributed by atoms with Crippen LogP contribution >= 0.6 is 22.9 Å². The van der Waals surface area contributed by atoms with Crippen molar-refractivity contribution < 1.29 is 4.79 Å². The Hall–Kier alpha value is -1.66. The third kappa shape index (κ3) is 2.91. The van der Waals surface area contributed by atoms with Crippen LogP contribution in [0.1, 0.15) is 0 Å². The van der Waals surface area contributed by atoms with Gasteiger partial charge in [0.25, 0.3) is 0 Å². The lowest BCUT2D eigenvalue weighted by atomic mass is 10.5. The van der Waals surface area contributed by atoms with Gasteiger partial charge in [-0.15, -0.1) is 21.5 Å². The molecule has 0 aromatic carbocycles. The van der Waals surface area contributed by atoms with E-state index in [0.29, 0.717) is 5.82 Å². The first-order valence-corrected chi connectivity index (χ1v) is 5.60. The minimum absolute atomic E-state index is 0.282. The normalized spacial score (nSPS) is 9.81. The molecule has 0 saturated heterocycles. The standard InChI is InChI=1S/C9H7ClN4OS/c10-6-3-4-7(14-13-6)11-9(15)12-8-2-1-5-16-8/h1-5H,(H2,11,12,14,15). The van der Waals surface area contributed by atoms with Crippen molar-refractivity contribution in [3.63, 3.8) is 0 Å². The number of amides is 2. The number of rotatable bonds is 2. The summed E-state index contributed by atoms with van der Waals surface area (Å²) in [4.78, 5) is 11.4. The van der Waals surface area contributed by atoms with Crippen molar-refractivity contribution in [1.29, 1.82) is 0 Å². The Balaban J connectivity index is 1.95. The number of nitrogens with one attached hydrogen (secondary N) is 2. The zero-order chi connectivity index (χ0) is 11.4. The van der Waals surface area contributed by atoms with Crippen LogP contribution in [0.5, 0.6) is 0 Å². The number of urea groups is 1. The third-order valence-electron chi connectivity index (χ3n) is 1.63. The highest BCUT2D eigenvalue weighted by Crippen LogP contribution is 2.15. The average molecular weight is 255 g/mol. The van der Waals surface area contributed by atoms with E-state index in [0.717, 1.165) is 5.00 Å². The van der Waals surface area contributed by atoms with E-state index in [2.05, 4.69) is 20.8 Å². The molecule has 2 aromatic heterocycles. The monoisotopic (exact) mass is 254 g/mol. The lowest BCUT2D eigenvalue weighted by Crippen LogP contribution is -2.19. The van der Waals surface area contributed by atoms with E-state index in [1.165, 1.54) is 11.3 Å². The molecule has 0 fully saturated rings. The largest absolute Gasteiger partial charge is 0.325 e. The predicted molar refractivity (Wildman–Crippen MR) is 64.0 cm³/mol. The van der Waals surface area contributed by atoms with Crippen LogP contribution in [0.25, 0.3) is 0 Å². The van der Waals surface area contributed by atoms with Crippen molar-refractivity contribution in [2.45, 2.75) is 0 Å². The van der Waals surface area contributed by atoms with E-state index >= 15 is 0 Å². The summed E-state index contributed by atoms with van der Waals surface area (Å²) >= 11 is 7.00. The van der Waals surface area contributed by atoms with Gasteiger partial charge < -0.3 is 0 Å². The molecule has 0 saturated carbocycles. The molecule has 0 bridgehead atoms. The molecule has 2 amide bonds. The van der Waals surface area contributed by atoms with E-state index in [1.807, 2.05) is 11.4 Å². The van der Waals surface area contributed by atoms with Crippen LogP contribution < -0.4 is 10.6 Å². The molecule has 0 radical (unpaired) electrons. The van der Waals surface area contributed by atoms with Crippen LogP contribution in [0.3, 0.4) is 0 Å². The van der Waals surface area contributed by atoms with Gasteiger partial charge in [0.15, 0.2) is 11.0 Å². The Kier molecular flexibility index (Phi) is 3.33. The van der Waals surface area contributed by atoms with Gasteiger partial charge in [0, 0.05) is 0 Å². The van der Waals surface area contributed by atoms with Gasteiger partial charge >= 0.3 is 6.03 Å². The Labute approximate surface area is 100 Å². The third-order valence-corrected chi connectivity index (χ3v) is 2.62. The molecule has 2 rings (SSSR count). The Morgan fingerprint density at radius 3 is 2.75 bits per heavy atom. The molecule has 5 nitrogen and oxygen atoms in total. The Bertz CT molecular complexity index is 471. The van der Waals surface area contributed by atoms with Gasteiger partial charge in [0.2, 0.25) is 0 Å². The number of hydrogen-bond donors (Lipinski definition) is 2. The molecule has 2 aromatic rings. The van der Waals surface area contributed by atoms with E-state index in [4.69, 9.17) is 11.6 Å². The fourth-order valence-corrected chi connectivity index (χ4v) is 1.71. The number of halogens is 1. The molecule has 2 N–H and O–H groups in total. The molecule has 0 unspecified atom stereocenters. The van der Waals surface area contributed by atoms with Gasteiger partial charge in [-0.1, -0.05) is 11.6 Å².